The number of nitrogens with one attached hydrogen (secondary N) is 1. The van der Waals surface area contributed by atoms with Crippen molar-refractivity contribution in [2.24, 2.45) is 5.41 Å². The maximum absolute atomic E-state index is 4.12. The molecular formula is C12H22N2S. The van der Waals surface area contributed by atoms with Crippen LogP contribution in [0.15, 0.2) is 11.7 Å². The second kappa shape index (κ2) is 5.61. The first-order valence-electron chi connectivity index (χ1n) is 5.64. The van der Waals surface area contributed by atoms with E-state index in [-0.39, 0.29) is 0 Å². The van der Waals surface area contributed by atoms with E-state index < -0.39 is 0 Å². The van der Waals surface area contributed by atoms with Gasteiger partial charge in [-0.05, 0) is 31.7 Å². The van der Waals surface area contributed by atoms with Crippen LogP contribution in [-0.2, 0) is 6.42 Å². The highest BCUT2D eigenvalue weighted by Crippen LogP contribution is 2.28. The molecule has 0 bridgehead atoms. The summed E-state index contributed by atoms with van der Waals surface area (Å²) in [7, 11) is 0. The quantitative estimate of drug-likeness (QED) is 0.806. The summed E-state index contributed by atoms with van der Waals surface area (Å²) in [5.74, 6) is 0. The first-order chi connectivity index (χ1) is 7.03. The predicted octanol–water partition coefficient (Wildman–Crippen LogP) is 3.10. The number of hydrogen-bond donors (Lipinski definition) is 1. The van der Waals surface area contributed by atoms with Crippen LogP contribution < -0.4 is 5.32 Å². The summed E-state index contributed by atoms with van der Waals surface area (Å²) in [5, 5.41) is 3.47. The van der Waals surface area contributed by atoms with Crippen LogP contribution in [0.3, 0.4) is 0 Å². The van der Waals surface area contributed by atoms with Crippen LogP contribution in [0.1, 0.15) is 39.0 Å². The van der Waals surface area contributed by atoms with Crippen LogP contribution in [0, 0.1) is 5.41 Å². The lowest BCUT2D eigenvalue weighted by molar-refractivity contribution is 0.290. The largest absolute Gasteiger partial charge is 0.315 e. The fourth-order valence-corrected chi connectivity index (χ4v) is 2.98. The molecule has 0 amide bonds. The molecule has 3 heteroatoms. The van der Waals surface area contributed by atoms with Crippen molar-refractivity contribution in [3.8, 4) is 0 Å². The average molecular weight is 226 g/mol. The minimum Gasteiger partial charge on any atom is -0.315 e. The molecule has 2 nitrogen and oxygen atoms in total. The van der Waals surface area contributed by atoms with Crippen molar-refractivity contribution in [2.75, 3.05) is 6.54 Å². The second-order valence-electron chi connectivity index (χ2n) is 4.97. The van der Waals surface area contributed by atoms with Gasteiger partial charge in [0.1, 0.15) is 0 Å². The fourth-order valence-electron chi connectivity index (χ4n) is 2.12. The smallest absolute Gasteiger partial charge is 0.0794 e. The van der Waals surface area contributed by atoms with Crippen LogP contribution in [0.5, 0.6) is 0 Å². The Balaban J connectivity index is 2.44. The summed E-state index contributed by atoms with van der Waals surface area (Å²) in [6.07, 6.45) is 4.33. The molecule has 0 aliphatic heterocycles. The summed E-state index contributed by atoms with van der Waals surface area (Å²) < 4.78 is 0. The molecule has 1 aromatic heterocycles. The number of aromatic nitrogens is 1. The number of nitrogens with zero attached hydrogens (tertiary/aromatic N) is 1. The van der Waals surface area contributed by atoms with E-state index >= 15 is 0 Å². The van der Waals surface area contributed by atoms with Crippen molar-refractivity contribution in [1.82, 2.24) is 10.3 Å². The van der Waals surface area contributed by atoms with Gasteiger partial charge in [0, 0.05) is 17.1 Å². The van der Waals surface area contributed by atoms with Gasteiger partial charge in [-0.25, -0.2) is 0 Å². The van der Waals surface area contributed by atoms with Crippen LogP contribution in [0.4, 0.5) is 0 Å². The van der Waals surface area contributed by atoms with Crippen LogP contribution in [0.2, 0.25) is 0 Å². The van der Waals surface area contributed by atoms with Crippen molar-refractivity contribution in [3.05, 3.63) is 16.6 Å². The van der Waals surface area contributed by atoms with E-state index in [4.69, 9.17) is 0 Å². The standard InChI is InChI=1S/C12H22N2S/c1-5-14-10(2)6-12(3,4)7-11-8-13-9-15-11/h8-10,14H,5-7H2,1-4H3. The van der Waals surface area contributed by atoms with E-state index in [1.54, 1.807) is 11.3 Å². The highest BCUT2D eigenvalue weighted by Gasteiger charge is 2.21. The monoisotopic (exact) mass is 226 g/mol. The SMILES string of the molecule is CCNC(C)CC(C)(C)Cc1cncs1. The normalized spacial score (nSPS) is 14.1. The van der Waals surface area contributed by atoms with E-state index in [0.717, 1.165) is 13.0 Å². The van der Waals surface area contributed by atoms with Gasteiger partial charge in [0.15, 0.2) is 0 Å². The first kappa shape index (κ1) is 12.7. The van der Waals surface area contributed by atoms with Crippen molar-refractivity contribution in [1.29, 1.82) is 0 Å². The Kier molecular flexibility index (Phi) is 4.74. The third-order valence-corrected chi connectivity index (χ3v) is 3.33. The highest BCUT2D eigenvalue weighted by molar-refractivity contribution is 7.09. The predicted molar refractivity (Wildman–Crippen MR) is 67.4 cm³/mol. The molecule has 1 heterocycles. The Bertz CT molecular complexity index is 267. The molecule has 15 heavy (non-hydrogen) atoms. The Morgan fingerprint density at radius 2 is 2.27 bits per heavy atom. The highest BCUT2D eigenvalue weighted by atomic mass is 32.1. The summed E-state index contributed by atoms with van der Waals surface area (Å²) in [6, 6.07) is 0.595. The van der Waals surface area contributed by atoms with Crippen LogP contribution in [0.25, 0.3) is 0 Å². The van der Waals surface area contributed by atoms with Gasteiger partial charge >= 0.3 is 0 Å². The molecule has 0 aliphatic rings. The van der Waals surface area contributed by atoms with Gasteiger partial charge in [0.2, 0.25) is 0 Å². The molecule has 1 unspecified atom stereocenters. The molecule has 0 aromatic carbocycles. The molecule has 0 saturated heterocycles. The Morgan fingerprint density at radius 3 is 2.80 bits per heavy atom. The van der Waals surface area contributed by atoms with Crippen molar-refractivity contribution < 1.29 is 0 Å². The molecule has 0 aliphatic carbocycles. The lowest BCUT2D eigenvalue weighted by Gasteiger charge is -2.27. The Hall–Kier alpha value is -0.410. The lowest BCUT2D eigenvalue weighted by Crippen LogP contribution is -2.31. The lowest BCUT2D eigenvalue weighted by atomic mass is 9.82. The molecule has 1 N–H and O–H groups in total. The number of hydrogen-bond acceptors (Lipinski definition) is 3. The molecule has 0 fully saturated rings. The van der Waals surface area contributed by atoms with E-state index in [1.807, 2.05) is 11.7 Å². The molecule has 0 spiro atoms. The minimum absolute atomic E-state index is 0.355. The van der Waals surface area contributed by atoms with Gasteiger partial charge in [-0.1, -0.05) is 20.8 Å². The van der Waals surface area contributed by atoms with Crippen molar-refractivity contribution in [3.63, 3.8) is 0 Å². The maximum atomic E-state index is 4.12. The molecular weight excluding hydrogens is 204 g/mol. The number of rotatable bonds is 6. The summed E-state index contributed by atoms with van der Waals surface area (Å²) in [4.78, 5) is 5.52. The maximum Gasteiger partial charge on any atom is 0.0794 e. The van der Waals surface area contributed by atoms with Crippen molar-refractivity contribution >= 4 is 11.3 Å². The van der Waals surface area contributed by atoms with Gasteiger partial charge in [0.05, 0.1) is 5.51 Å². The number of thiazole rings is 1. The van der Waals surface area contributed by atoms with Gasteiger partial charge in [-0.2, -0.15) is 0 Å². The topological polar surface area (TPSA) is 24.9 Å². The molecule has 0 radical (unpaired) electrons. The molecule has 86 valence electrons. The fraction of sp³-hybridized carbons (Fsp3) is 0.750. The zero-order valence-electron chi connectivity index (χ0n) is 10.2. The van der Waals surface area contributed by atoms with E-state index in [2.05, 4.69) is 38.0 Å². The second-order valence-corrected chi connectivity index (χ2v) is 5.94. The molecule has 1 atom stereocenters. The minimum atomic E-state index is 0.355. The molecule has 0 saturated carbocycles. The van der Waals surface area contributed by atoms with Gasteiger partial charge in [-0.15, -0.1) is 11.3 Å². The summed E-state index contributed by atoms with van der Waals surface area (Å²) in [5.41, 5.74) is 2.27. The van der Waals surface area contributed by atoms with Crippen molar-refractivity contribution in [2.45, 2.75) is 46.6 Å². The Labute approximate surface area is 97.1 Å². The van der Waals surface area contributed by atoms with E-state index in [1.165, 1.54) is 11.3 Å². The first-order valence-corrected chi connectivity index (χ1v) is 6.52. The van der Waals surface area contributed by atoms with Gasteiger partial charge < -0.3 is 5.32 Å². The summed E-state index contributed by atoms with van der Waals surface area (Å²) >= 11 is 1.76. The average Bonchev–Trinajstić information content (AvgIpc) is 2.54. The van der Waals surface area contributed by atoms with Crippen LogP contribution in [-0.4, -0.2) is 17.6 Å². The van der Waals surface area contributed by atoms with E-state index in [9.17, 15) is 0 Å². The zero-order chi connectivity index (χ0) is 11.3. The molecule has 1 rings (SSSR count). The zero-order valence-corrected chi connectivity index (χ0v) is 11.0. The van der Waals surface area contributed by atoms with Gasteiger partial charge in [0.25, 0.3) is 0 Å². The molecule has 1 aromatic rings. The van der Waals surface area contributed by atoms with Gasteiger partial charge in [-0.3, -0.25) is 4.98 Å². The van der Waals surface area contributed by atoms with E-state index in [0.29, 0.717) is 11.5 Å². The van der Waals surface area contributed by atoms with Crippen LogP contribution >= 0.6 is 11.3 Å². The third kappa shape index (κ3) is 4.76. The summed E-state index contributed by atoms with van der Waals surface area (Å²) in [6.45, 7) is 10.1. The Morgan fingerprint density at radius 1 is 1.53 bits per heavy atom. The third-order valence-electron chi connectivity index (χ3n) is 2.55.